The van der Waals surface area contributed by atoms with Crippen LogP contribution in [0.2, 0.25) is 0 Å². The molecule has 0 aromatic rings. The van der Waals surface area contributed by atoms with Crippen molar-refractivity contribution in [2.45, 2.75) is 64.4 Å². The number of hydrogen-bond donors (Lipinski definition) is 1. The molecule has 1 heterocycles. The maximum atomic E-state index is 12.4. The molecule has 2 rings (SSSR count). The number of rotatable bonds is 3. The first kappa shape index (κ1) is 12.9. The van der Waals surface area contributed by atoms with Gasteiger partial charge in [-0.1, -0.05) is 13.3 Å². The summed E-state index contributed by atoms with van der Waals surface area (Å²) in [5.41, 5.74) is -0.192. The van der Waals surface area contributed by atoms with Crippen LogP contribution in [0.15, 0.2) is 0 Å². The zero-order valence-corrected chi connectivity index (χ0v) is 11.0. The molecule has 1 saturated heterocycles. The lowest BCUT2D eigenvalue weighted by Gasteiger charge is -2.36. The van der Waals surface area contributed by atoms with E-state index in [9.17, 15) is 4.79 Å². The van der Waals surface area contributed by atoms with Crippen LogP contribution in [0.5, 0.6) is 0 Å². The Bertz CT molecular complexity index is 253. The summed E-state index contributed by atoms with van der Waals surface area (Å²) in [6.07, 6.45) is 8.89. The first-order valence-electron chi connectivity index (χ1n) is 7.19. The van der Waals surface area contributed by atoms with Crippen LogP contribution in [-0.2, 0) is 9.53 Å². The zero-order valence-electron chi connectivity index (χ0n) is 11.0. The fraction of sp³-hybridized carbons (Fsp3) is 0.929. The fourth-order valence-electron chi connectivity index (χ4n) is 3.07. The van der Waals surface area contributed by atoms with E-state index in [4.69, 9.17) is 4.74 Å². The maximum absolute atomic E-state index is 12.4. The van der Waals surface area contributed by atoms with Crippen molar-refractivity contribution < 1.29 is 9.53 Å². The normalized spacial score (nSPS) is 25.5. The van der Waals surface area contributed by atoms with E-state index in [1.54, 1.807) is 0 Å². The molecule has 98 valence electrons. The van der Waals surface area contributed by atoms with Gasteiger partial charge in [-0.15, -0.1) is 0 Å². The Labute approximate surface area is 104 Å². The molecule has 0 spiro atoms. The van der Waals surface area contributed by atoms with E-state index >= 15 is 0 Å². The van der Waals surface area contributed by atoms with E-state index in [0.29, 0.717) is 0 Å². The summed E-state index contributed by atoms with van der Waals surface area (Å²) in [7, 11) is 0. The van der Waals surface area contributed by atoms with E-state index in [1.807, 2.05) is 0 Å². The van der Waals surface area contributed by atoms with Crippen LogP contribution >= 0.6 is 0 Å². The topological polar surface area (TPSA) is 38.3 Å². The number of carbonyl (C=O) groups excluding carboxylic acids is 1. The second kappa shape index (κ2) is 5.85. The van der Waals surface area contributed by atoms with Crippen molar-refractivity contribution in [1.29, 1.82) is 0 Å². The van der Waals surface area contributed by atoms with Crippen LogP contribution in [0, 0.1) is 5.41 Å². The molecule has 1 aliphatic heterocycles. The highest BCUT2D eigenvalue weighted by molar-refractivity contribution is 5.77. The summed E-state index contributed by atoms with van der Waals surface area (Å²) < 4.78 is 5.76. The molecule has 2 aliphatic rings. The number of hydrogen-bond acceptors (Lipinski definition) is 3. The lowest BCUT2D eigenvalue weighted by molar-refractivity contribution is -0.165. The summed E-state index contributed by atoms with van der Waals surface area (Å²) in [5.74, 6) is 0.0772. The van der Waals surface area contributed by atoms with Gasteiger partial charge in [0.15, 0.2) is 0 Å². The van der Waals surface area contributed by atoms with Gasteiger partial charge in [-0.2, -0.15) is 0 Å². The highest BCUT2D eigenvalue weighted by Crippen LogP contribution is 2.35. The molecule has 2 fully saturated rings. The number of piperidine rings is 1. The average molecular weight is 239 g/mol. The third kappa shape index (κ3) is 3.01. The second-order valence-electron chi connectivity index (χ2n) is 5.55. The number of nitrogens with one attached hydrogen (secondary N) is 1. The van der Waals surface area contributed by atoms with Crippen molar-refractivity contribution >= 4 is 5.97 Å². The first-order valence-corrected chi connectivity index (χ1v) is 7.19. The number of esters is 1. The molecule has 0 amide bonds. The molecule has 1 aliphatic carbocycles. The quantitative estimate of drug-likeness (QED) is 0.769. The predicted molar refractivity (Wildman–Crippen MR) is 67.8 cm³/mol. The lowest BCUT2D eigenvalue weighted by atomic mass is 9.76. The molecule has 1 saturated carbocycles. The van der Waals surface area contributed by atoms with Crippen LogP contribution in [0.4, 0.5) is 0 Å². The summed E-state index contributed by atoms with van der Waals surface area (Å²) in [6.45, 7) is 4.02. The Balaban J connectivity index is 1.91. The summed E-state index contributed by atoms with van der Waals surface area (Å²) in [4.78, 5) is 12.4. The van der Waals surface area contributed by atoms with E-state index in [0.717, 1.165) is 45.2 Å². The largest absolute Gasteiger partial charge is 0.462 e. The molecule has 0 unspecified atom stereocenters. The lowest BCUT2D eigenvalue weighted by Crippen LogP contribution is -2.44. The van der Waals surface area contributed by atoms with Crippen LogP contribution in [0.1, 0.15) is 58.3 Å². The molecule has 0 bridgehead atoms. The Morgan fingerprint density at radius 1 is 1.24 bits per heavy atom. The summed E-state index contributed by atoms with van der Waals surface area (Å²) in [6, 6.07) is 0. The van der Waals surface area contributed by atoms with Gasteiger partial charge in [0.05, 0.1) is 5.41 Å². The van der Waals surface area contributed by atoms with Gasteiger partial charge in [-0.25, -0.2) is 0 Å². The van der Waals surface area contributed by atoms with E-state index in [2.05, 4.69) is 12.2 Å². The van der Waals surface area contributed by atoms with Crippen molar-refractivity contribution in [3.05, 3.63) is 0 Å². The van der Waals surface area contributed by atoms with Crippen LogP contribution in [-0.4, -0.2) is 25.2 Å². The van der Waals surface area contributed by atoms with E-state index in [-0.39, 0.29) is 17.5 Å². The number of ether oxygens (including phenoxy) is 1. The molecular formula is C14H25NO2. The molecule has 1 N–H and O–H groups in total. The Hall–Kier alpha value is -0.570. The molecule has 0 aromatic heterocycles. The monoisotopic (exact) mass is 239 g/mol. The van der Waals surface area contributed by atoms with Gasteiger partial charge < -0.3 is 10.1 Å². The SMILES string of the molecule is CCC1(C(=O)OC2CCCCC2)CCNCC1. The van der Waals surface area contributed by atoms with Gasteiger partial charge in [0.25, 0.3) is 0 Å². The van der Waals surface area contributed by atoms with Gasteiger partial charge >= 0.3 is 5.97 Å². The Morgan fingerprint density at radius 3 is 2.47 bits per heavy atom. The van der Waals surface area contributed by atoms with Crippen molar-refractivity contribution in [2.75, 3.05) is 13.1 Å². The summed E-state index contributed by atoms with van der Waals surface area (Å²) in [5, 5.41) is 3.32. The Morgan fingerprint density at radius 2 is 1.88 bits per heavy atom. The van der Waals surface area contributed by atoms with Gasteiger partial charge in [0.2, 0.25) is 0 Å². The van der Waals surface area contributed by atoms with Gasteiger partial charge in [-0.05, 0) is 58.0 Å². The summed E-state index contributed by atoms with van der Waals surface area (Å²) >= 11 is 0. The molecule has 17 heavy (non-hydrogen) atoms. The van der Waals surface area contributed by atoms with Crippen molar-refractivity contribution in [3.63, 3.8) is 0 Å². The number of carbonyl (C=O) groups is 1. The minimum Gasteiger partial charge on any atom is -0.462 e. The molecule has 0 atom stereocenters. The minimum absolute atomic E-state index is 0.0772. The van der Waals surface area contributed by atoms with Crippen LogP contribution in [0.3, 0.4) is 0 Å². The van der Waals surface area contributed by atoms with Crippen LogP contribution in [0.25, 0.3) is 0 Å². The smallest absolute Gasteiger partial charge is 0.312 e. The van der Waals surface area contributed by atoms with Crippen molar-refractivity contribution in [2.24, 2.45) is 5.41 Å². The van der Waals surface area contributed by atoms with Crippen LogP contribution < -0.4 is 5.32 Å². The van der Waals surface area contributed by atoms with E-state index < -0.39 is 0 Å². The fourth-order valence-corrected chi connectivity index (χ4v) is 3.07. The zero-order chi connectivity index (χ0) is 12.1. The van der Waals surface area contributed by atoms with E-state index in [1.165, 1.54) is 19.3 Å². The average Bonchev–Trinajstić information content (AvgIpc) is 2.40. The molecule has 3 heteroatoms. The third-order valence-corrected chi connectivity index (χ3v) is 4.50. The third-order valence-electron chi connectivity index (χ3n) is 4.50. The van der Waals surface area contributed by atoms with Gasteiger partial charge in [-0.3, -0.25) is 4.79 Å². The minimum atomic E-state index is -0.192. The van der Waals surface area contributed by atoms with Gasteiger partial charge in [0.1, 0.15) is 6.10 Å². The standard InChI is InChI=1S/C14H25NO2/c1-2-14(8-10-15-11-9-14)13(16)17-12-6-4-3-5-7-12/h12,15H,2-11H2,1H3. The predicted octanol–water partition coefficient (Wildman–Crippen LogP) is 2.64. The maximum Gasteiger partial charge on any atom is 0.312 e. The highest BCUT2D eigenvalue weighted by Gasteiger charge is 2.40. The van der Waals surface area contributed by atoms with Gasteiger partial charge in [0, 0.05) is 0 Å². The highest BCUT2D eigenvalue weighted by atomic mass is 16.5. The molecule has 0 radical (unpaired) electrons. The Kier molecular flexibility index (Phi) is 4.43. The molecule has 3 nitrogen and oxygen atoms in total. The second-order valence-corrected chi connectivity index (χ2v) is 5.55. The van der Waals surface area contributed by atoms with Crippen molar-refractivity contribution in [3.8, 4) is 0 Å². The van der Waals surface area contributed by atoms with Crippen molar-refractivity contribution in [1.82, 2.24) is 5.32 Å². The molecule has 0 aromatic carbocycles. The molecular weight excluding hydrogens is 214 g/mol. The first-order chi connectivity index (χ1) is 8.27.